The van der Waals surface area contributed by atoms with Crippen molar-refractivity contribution in [2.75, 3.05) is 18.0 Å². The molecule has 30 heavy (non-hydrogen) atoms. The molecule has 2 aromatic heterocycles. The maximum absolute atomic E-state index is 11.2. The number of anilines is 1. The molecule has 0 aliphatic carbocycles. The number of primary amides is 1. The van der Waals surface area contributed by atoms with Crippen molar-refractivity contribution in [3.8, 4) is 0 Å². The normalized spacial score (nSPS) is 16.2. The molecular weight excluding hydrogens is 412 g/mol. The van der Waals surface area contributed by atoms with Gasteiger partial charge >= 0.3 is 0 Å². The fourth-order valence-corrected chi connectivity index (χ4v) is 3.72. The van der Waals surface area contributed by atoms with Crippen molar-refractivity contribution in [1.29, 1.82) is 0 Å². The van der Waals surface area contributed by atoms with Crippen molar-refractivity contribution in [3.63, 3.8) is 0 Å². The quantitative estimate of drug-likeness (QED) is 0.582. The minimum atomic E-state index is -0.426. The summed E-state index contributed by atoms with van der Waals surface area (Å²) in [6, 6.07) is 6.02. The van der Waals surface area contributed by atoms with E-state index in [1.807, 2.05) is 17.7 Å². The van der Waals surface area contributed by atoms with Gasteiger partial charge in [0.05, 0.1) is 6.42 Å². The number of carbonyl (C=O) groups excluding carboxylic acids is 1. The molecular formula is C19H23ClN6O4. The molecule has 1 atom stereocenters. The summed E-state index contributed by atoms with van der Waals surface area (Å²) in [5.74, 6) is 1.13. The van der Waals surface area contributed by atoms with E-state index in [4.69, 9.17) is 31.7 Å². The Labute approximate surface area is 177 Å². The Morgan fingerprint density at radius 1 is 1.43 bits per heavy atom. The minimum Gasteiger partial charge on any atom is -0.483 e. The number of halogens is 1. The van der Waals surface area contributed by atoms with E-state index in [1.165, 1.54) is 0 Å². The first-order chi connectivity index (χ1) is 14.4. The van der Waals surface area contributed by atoms with Crippen LogP contribution in [-0.2, 0) is 22.6 Å². The van der Waals surface area contributed by atoms with Crippen LogP contribution in [0.25, 0.3) is 11.1 Å². The first-order valence-corrected chi connectivity index (χ1v) is 9.93. The van der Waals surface area contributed by atoms with E-state index >= 15 is 0 Å². The number of benzene rings is 1. The fourth-order valence-electron chi connectivity index (χ4n) is 3.55. The number of nitrogens with zero attached hydrogens (tertiary/aromatic N) is 5. The Balaban J connectivity index is 0.000000806. The number of aromatic nitrogens is 4. The molecule has 1 aromatic carbocycles. The van der Waals surface area contributed by atoms with E-state index in [9.17, 15) is 4.79 Å². The molecule has 1 unspecified atom stereocenters. The molecule has 160 valence electrons. The molecule has 1 fully saturated rings. The summed E-state index contributed by atoms with van der Waals surface area (Å²) in [5, 5.41) is 11.9. The molecule has 4 rings (SSSR count). The summed E-state index contributed by atoms with van der Waals surface area (Å²) in [5.41, 5.74) is 6.75. The van der Waals surface area contributed by atoms with Gasteiger partial charge in [0.25, 0.3) is 12.5 Å². The van der Waals surface area contributed by atoms with Gasteiger partial charge in [-0.3, -0.25) is 9.59 Å². The zero-order chi connectivity index (χ0) is 21.7. The van der Waals surface area contributed by atoms with E-state index in [1.54, 1.807) is 12.1 Å². The van der Waals surface area contributed by atoms with Crippen LogP contribution in [0.1, 0.15) is 37.3 Å². The van der Waals surface area contributed by atoms with E-state index in [0.717, 1.165) is 42.9 Å². The van der Waals surface area contributed by atoms with Crippen LogP contribution < -0.4 is 10.6 Å². The Hall–Kier alpha value is -3.14. The number of oxazole rings is 1. The molecule has 1 aliphatic rings. The van der Waals surface area contributed by atoms with Gasteiger partial charge in [-0.1, -0.05) is 11.6 Å². The molecule has 1 aliphatic heterocycles. The van der Waals surface area contributed by atoms with E-state index in [0.29, 0.717) is 23.4 Å². The van der Waals surface area contributed by atoms with E-state index in [-0.39, 0.29) is 18.8 Å². The number of hydrogen-bond acceptors (Lipinski definition) is 7. The molecule has 0 radical (unpaired) electrons. The Kier molecular flexibility index (Phi) is 6.88. The second kappa shape index (κ2) is 9.57. The number of carboxylic acid groups (broad SMARTS) is 1. The van der Waals surface area contributed by atoms with Gasteiger partial charge in [0.15, 0.2) is 11.4 Å². The summed E-state index contributed by atoms with van der Waals surface area (Å²) in [6.45, 7) is 4.05. The van der Waals surface area contributed by atoms with Crippen LogP contribution in [0.15, 0.2) is 22.6 Å². The minimum absolute atomic E-state index is 0.0579. The lowest BCUT2D eigenvalue weighted by atomic mass is 9.97. The second-order valence-corrected chi connectivity index (χ2v) is 7.28. The molecule has 0 bridgehead atoms. The van der Waals surface area contributed by atoms with Gasteiger partial charge < -0.3 is 20.2 Å². The van der Waals surface area contributed by atoms with Crippen molar-refractivity contribution in [3.05, 3.63) is 34.9 Å². The van der Waals surface area contributed by atoms with Gasteiger partial charge in [-0.15, -0.1) is 0 Å². The number of nitrogens with two attached hydrogens (primary N) is 1. The molecule has 1 saturated heterocycles. The van der Waals surface area contributed by atoms with Crippen molar-refractivity contribution >= 4 is 41.1 Å². The summed E-state index contributed by atoms with van der Waals surface area (Å²) >= 11 is 6.04. The lowest BCUT2D eigenvalue weighted by Gasteiger charge is -2.31. The first-order valence-electron chi connectivity index (χ1n) is 9.56. The molecule has 1 amide bonds. The first kappa shape index (κ1) is 21.6. The number of hydrogen-bond donors (Lipinski definition) is 2. The highest BCUT2D eigenvalue weighted by Crippen LogP contribution is 2.31. The van der Waals surface area contributed by atoms with Crippen LogP contribution in [0, 0.1) is 0 Å². The number of amides is 1. The fraction of sp³-hybridized carbons (Fsp3) is 0.421. The highest BCUT2D eigenvalue weighted by Gasteiger charge is 2.28. The van der Waals surface area contributed by atoms with Crippen LogP contribution in [0.3, 0.4) is 0 Å². The van der Waals surface area contributed by atoms with Gasteiger partial charge in [-0.05, 0) is 38.0 Å². The van der Waals surface area contributed by atoms with Crippen LogP contribution >= 0.6 is 11.6 Å². The number of aryl methyl sites for hydroxylation is 1. The summed E-state index contributed by atoms with van der Waals surface area (Å²) in [7, 11) is 0. The number of piperidine rings is 1. The lowest BCUT2D eigenvalue weighted by molar-refractivity contribution is -0.123. The van der Waals surface area contributed by atoms with Gasteiger partial charge in [0, 0.05) is 30.6 Å². The Morgan fingerprint density at radius 3 is 2.90 bits per heavy atom. The van der Waals surface area contributed by atoms with Crippen LogP contribution in [0.2, 0.25) is 5.02 Å². The number of carbonyl (C=O) groups is 2. The van der Waals surface area contributed by atoms with Gasteiger partial charge in [0.2, 0.25) is 5.91 Å². The predicted octanol–water partition coefficient (Wildman–Crippen LogP) is 2.21. The Morgan fingerprint density at radius 2 is 2.20 bits per heavy atom. The van der Waals surface area contributed by atoms with Gasteiger partial charge in [-0.25, -0.2) is 9.67 Å². The standard InChI is InChI=1S/C18H21ClN6O2.CH2O2/c1-2-25-17(22-16(23-25)9-15(20)26)11-4-3-7-24(10-11)18-21-13-8-12(19)5-6-14(13)27-18;2-1-3/h5-6,8,11H,2-4,7,9-10H2,1H3,(H2,20,26);1H,(H,2,3). The highest BCUT2D eigenvalue weighted by atomic mass is 35.5. The molecule has 0 saturated carbocycles. The third-order valence-corrected chi connectivity index (χ3v) is 5.01. The summed E-state index contributed by atoms with van der Waals surface area (Å²) in [6.07, 6.45) is 2.05. The van der Waals surface area contributed by atoms with Crippen LogP contribution in [0.5, 0.6) is 0 Å². The third kappa shape index (κ3) is 4.88. The topological polar surface area (TPSA) is 140 Å². The molecule has 3 aromatic rings. The lowest BCUT2D eigenvalue weighted by Crippen LogP contribution is -2.35. The second-order valence-electron chi connectivity index (χ2n) is 6.84. The maximum atomic E-state index is 11.2. The monoisotopic (exact) mass is 434 g/mol. The summed E-state index contributed by atoms with van der Waals surface area (Å²) < 4.78 is 7.77. The van der Waals surface area contributed by atoms with E-state index in [2.05, 4.69) is 20.0 Å². The molecule has 11 heteroatoms. The number of fused-ring (bicyclic) bond motifs is 1. The van der Waals surface area contributed by atoms with E-state index < -0.39 is 5.91 Å². The average Bonchev–Trinajstić information content (AvgIpc) is 3.31. The van der Waals surface area contributed by atoms with Crippen LogP contribution in [-0.4, -0.2) is 50.3 Å². The van der Waals surface area contributed by atoms with Gasteiger partial charge in [0.1, 0.15) is 11.3 Å². The largest absolute Gasteiger partial charge is 0.483 e. The molecule has 3 heterocycles. The molecule has 3 N–H and O–H groups in total. The zero-order valence-electron chi connectivity index (χ0n) is 16.5. The van der Waals surface area contributed by atoms with Crippen molar-refractivity contribution < 1.29 is 19.1 Å². The van der Waals surface area contributed by atoms with Crippen LogP contribution in [0.4, 0.5) is 6.01 Å². The smallest absolute Gasteiger partial charge is 0.298 e. The van der Waals surface area contributed by atoms with Gasteiger partial charge in [-0.2, -0.15) is 10.1 Å². The van der Waals surface area contributed by atoms with Crippen molar-refractivity contribution in [1.82, 2.24) is 19.7 Å². The maximum Gasteiger partial charge on any atom is 0.298 e. The Bertz CT molecular complexity index is 1030. The summed E-state index contributed by atoms with van der Waals surface area (Å²) in [4.78, 5) is 30.9. The highest BCUT2D eigenvalue weighted by molar-refractivity contribution is 6.31. The van der Waals surface area contributed by atoms with Crippen molar-refractivity contribution in [2.24, 2.45) is 5.73 Å². The SMILES string of the molecule is CCn1nc(CC(N)=O)nc1C1CCCN(c2nc3cc(Cl)ccc3o2)C1.O=CO. The average molecular weight is 435 g/mol. The molecule has 0 spiro atoms. The third-order valence-electron chi connectivity index (χ3n) is 4.77. The zero-order valence-corrected chi connectivity index (χ0v) is 17.2. The predicted molar refractivity (Wildman–Crippen MR) is 110 cm³/mol. The van der Waals surface area contributed by atoms with Crippen molar-refractivity contribution in [2.45, 2.75) is 38.6 Å². The number of rotatable bonds is 5. The molecule has 10 nitrogen and oxygen atoms in total.